The molecule has 154 valence electrons. The molecule has 0 saturated carbocycles. The third-order valence-electron chi connectivity index (χ3n) is 4.27. The number of hydrogen-bond acceptors (Lipinski definition) is 5. The number of carbonyl (C=O) groups excluding carboxylic acids is 1. The Morgan fingerprint density at radius 2 is 1.63 bits per heavy atom. The van der Waals surface area contributed by atoms with Crippen LogP contribution >= 0.6 is 0 Å². The molecule has 0 aliphatic carbocycles. The van der Waals surface area contributed by atoms with E-state index in [4.69, 9.17) is 14.2 Å². The standard InChI is InChI=1S/C24H24N2O4/c1-18(24(27)26-25-16-20-10-6-7-11-23(20)28-2)30-22-14-12-21(13-15-22)29-17-19-8-4-3-5-9-19/h3-16,18H,17H2,1-2H3,(H,26,27)/b25-16-/t18-/m1/s1. The van der Waals surface area contributed by atoms with Gasteiger partial charge in [0.15, 0.2) is 6.10 Å². The van der Waals surface area contributed by atoms with Crippen LogP contribution in [0.3, 0.4) is 0 Å². The Kier molecular flexibility index (Phi) is 7.44. The molecule has 3 rings (SSSR count). The summed E-state index contributed by atoms with van der Waals surface area (Å²) in [4.78, 5) is 12.2. The van der Waals surface area contributed by atoms with Crippen LogP contribution < -0.4 is 19.6 Å². The first-order valence-electron chi connectivity index (χ1n) is 9.55. The number of carbonyl (C=O) groups is 1. The molecule has 0 aliphatic rings. The summed E-state index contributed by atoms with van der Waals surface area (Å²) in [5.74, 6) is 1.61. The van der Waals surface area contributed by atoms with Crippen molar-refractivity contribution in [1.82, 2.24) is 5.43 Å². The highest BCUT2D eigenvalue weighted by Gasteiger charge is 2.14. The van der Waals surface area contributed by atoms with Gasteiger partial charge in [0.1, 0.15) is 23.9 Å². The highest BCUT2D eigenvalue weighted by molar-refractivity contribution is 5.86. The number of hydrogen-bond donors (Lipinski definition) is 1. The van der Waals surface area contributed by atoms with Crippen LogP contribution in [-0.4, -0.2) is 25.3 Å². The normalized spacial score (nSPS) is 11.7. The van der Waals surface area contributed by atoms with E-state index in [1.165, 1.54) is 6.21 Å². The summed E-state index contributed by atoms with van der Waals surface area (Å²) < 4.78 is 16.7. The molecule has 0 aliphatic heterocycles. The van der Waals surface area contributed by atoms with E-state index in [9.17, 15) is 4.79 Å². The van der Waals surface area contributed by atoms with E-state index in [1.54, 1.807) is 26.2 Å². The summed E-state index contributed by atoms with van der Waals surface area (Å²) in [7, 11) is 1.58. The summed E-state index contributed by atoms with van der Waals surface area (Å²) in [6.45, 7) is 2.15. The number of hydrazone groups is 1. The zero-order chi connectivity index (χ0) is 21.2. The van der Waals surface area contributed by atoms with Crippen LogP contribution in [0.4, 0.5) is 0 Å². The molecule has 3 aromatic carbocycles. The predicted molar refractivity (Wildman–Crippen MR) is 116 cm³/mol. The first-order valence-corrected chi connectivity index (χ1v) is 9.55. The van der Waals surface area contributed by atoms with Gasteiger partial charge < -0.3 is 14.2 Å². The predicted octanol–water partition coefficient (Wildman–Crippen LogP) is 4.19. The average molecular weight is 404 g/mol. The van der Waals surface area contributed by atoms with E-state index in [1.807, 2.05) is 66.7 Å². The van der Waals surface area contributed by atoms with E-state index >= 15 is 0 Å². The largest absolute Gasteiger partial charge is 0.496 e. The molecule has 30 heavy (non-hydrogen) atoms. The summed E-state index contributed by atoms with van der Waals surface area (Å²) in [5, 5.41) is 3.98. The number of nitrogens with zero attached hydrogens (tertiary/aromatic N) is 1. The van der Waals surface area contributed by atoms with Gasteiger partial charge in [-0.25, -0.2) is 5.43 Å². The second kappa shape index (κ2) is 10.7. The molecule has 0 spiro atoms. The molecule has 6 nitrogen and oxygen atoms in total. The van der Waals surface area contributed by atoms with Crippen molar-refractivity contribution in [3.05, 3.63) is 90.0 Å². The van der Waals surface area contributed by atoms with Gasteiger partial charge in [0.25, 0.3) is 5.91 Å². The van der Waals surface area contributed by atoms with Crippen molar-refractivity contribution in [3.63, 3.8) is 0 Å². The lowest BCUT2D eigenvalue weighted by molar-refractivity contribution is -0.127. The zero-order valence-corrected chi connectivity index (χ0v) is 16.9. The molecular weight excluding hydrogens is 380 g/mol. The maximum absolute atomic E-state index is 12.2. The maximum Gasteiger partial charge on any atom is 0.280 e. The van der Waals surface area contributed by atoms with E-state index in [0.29, 0.717) is 18.1 Å². The van der Waals surface area contributed by atoms with Gasteiger partial charge in [0, 0.05) is 5.56 Å². The molecule has 0 aromatic heterocycles. The number of rotatable bonds is 9. The number of benzene rings is 3. The Labute approximate surface area is 176 Å². The third kappa shape index (κ3) is 6.10. The minimum absolute atomic E-state index is 0.356. The van der Waals surface area contributed by atoms with Crippen molar-refractivity contribution >= 4 is 12.1 Å². The molecule has 6 heteroatoms. The molecule has 0 heterocycles. The SMILES string of the molecule is COc1ccccc1/C=N\NC(=O)[C@@H](C)Oc1ccc(OCc2ccccc2)cc1. The molecular formula is C24H24N2O4. The molecule has 1 N–H and O–H groups in total. The minimum atomic E-state index is -0.712. The van der Waals surface area contributed by atoms with Gasteiger partial charge in [-0.05, 0) is 48.9 Å². The van der Waals surface area contributed by atoms with Crippen molar-refractivity contribution in [1.29, 1.82) is 0 Å². The Morgan fingerprint density at radius 1 is 0.967 bits per heavy atom. The highest BCUT2D eigenvalue weighted by Crippen LogP contribution is 2.20. The Hall–Kier alpha value is -3.80. The van der Waals surface area contributed by atoms with Gasteiger partial charge in [0.05, 0.1) is 13.3 Å². The van der Waals surface area contributed by atoms with Crippen LogP contribution in [-0.2, 0) is 11.4 Å². The first-order chi connectivity index (χ1) is 14.7. The van der Waals surface area contributed by atoms with Crippen LogP contribution in [0.15, 0.2) is 84.0 Å². The fourth-order valence-corrected chi connectivity index (χ4v) is 2.64. The van der Waals surface area contributed by atoms with Crippen molar-refractivity contribution in [2.45, 2.75) is 19.6 Å². The molecule has 0 fully saturated rings. The van der Waals surface area contributed by atoms with E-state index in [-0.39, 0.29) is 5.91 Å². The number of nitrogens with one attached hydrogen (secondary N) is 1. The van der Waals surface area contributed by atoms with Crippen LogP contribution in [0, 0.1) is 0 Å². The number of ether oxygens (including phenoxy) is 3. The zero-order valence-electron chi connectivity index (χ0n) is 16.9. The van der Waals surface area contributed by atoms with Gasteiger partial charge in [-0.1, -0.05) is 42.5 Å². The molecule has 0 unspecified atom stereocenters. The van der Waals surface area contributed by atoms with Gasteiger partial charge in [0.2, 0.25) is 0 Å². The Bertz CT molecular complexity index is 972. The molecule has 0 saturated heterocycles. The van der Waals surface area contributed by atoms with Gasteiger partial charge >= 0.3 is 0 Å². The van der Waals surface area contributed by atoms with E-state index < -0.39 is 6.10 Å². The molecule has 0 bridgehead atoms. The molecule has 0 radical (unpaired) electrons. The Morgan fingerprint density at radius 3 is 2.37 bits per heavy atom. The van der Waals surface area contributed by atoms with Gasteiger partial charge in [-0.2, -0.15) is 5.10 Å². The van der Waals surface area contributed by atoms with E-state index in [0.717, 1.165) is 16.9 Å². The fraction of sp³-hybridized carbons (Fsp3) is 0.167. The van der Waals surface area contributed by atoms with Crippen molar-refractivity contribution in [2.75, 3.05) is 7.11 Å². The molecule has 1 amide bonds. The fourth-order valence-electron chi connectivity index (χ4n) is 2.64. The third-order valence-corrected chi connectivity index (χ3v) is 4.27. The summed E-state index contributed by atoms with van der Waals surface area (Å²) >= 11 is 0. The van der Waals surface area contributed by atoms with Crippen molar-refractivity contribution < 1.29 is 19.0 Å². The lowest BCUT2D eigenvalue weighted by Crippen LogP contribution is -2.33. The van der Waals surface area contributed by atoms with Gasteiger partial charge in [-0.15, -0.1) is 0 Å². The van der Waals surface area contributed by atoms with Crippen LogP contribution in [0.2, 0.25) is 0 Å². The van der Waals surface area contributed by atoms with Crippen LogP contribution in [0.1, 0.15) is 18.1 Å². The van der Waals surface area contributed by atoms with Crippen molar-refractivity contribution in [3.8, 4) is 17.2 Å². The topological polar surface area (TPSA) is 69.2 Å². The summed E-state index contributed by atoms with van der Waals surface area (Å²) in [6.07, 6.45) is 0.818. The first kappa shape index (κ1) is 20.9. The lowest BCUT2D eigenvalue weighted by Gasteiger charge is -2.13. The van der Waals surface area contributed by atoms with E-state index in [2.05, 4.69) is 10.5 Å². The van der Waals surface area contributed by atoms with Gasteiger partial charge in [-0.3, -0.25) is 4.79 Å². The molecule has 3 aromatic rings. The Balaban J connectivity index is 1.48. The smallest absolute Gasteiger partial charge is 0.280 e. The second-order valence-corrected chi connectivity index (χ2v) is 6.48. The van der Waals surface area contributed by atoms with Crippen molar-refractivity contribution in [2.24, 2.45) is 5.10 Å². The summed E-state index contributed by atoms with van der Waals surface area (Å²) in [5.41, 5.74) is 4.34. The average Bonchev–Trinajstić information content (AvgIpc) is 2.79. The quantitative estimate of drug-likeness (QED) is 0.429. The summed E-state index contributed by atoms with van der Waals surface area (Å²) in [6, 6.07) is 24.5. The van der Waals surface area contributed by atoms with Crippen LogP contribution in [0.25, 0.3) is 0 Å². The number of methoxy groups -OCH3 is 1. The highest BCUT2D eigenvalue weighted by atomic mass is 16.5. The minimum Gasteiger partial charge on any atom is -0.496 e. The number of para-hydroxylation sites is 1. The monoisotopic (exact) mass is 404 g/mol. The lowest BCUT2D eigenvalue weighted by atomic mass is 10.2. The van der Waals surface area contributed by atoms with Crippen LogP contribution in [0.5, 0.6) is 17.2 Å². The number of amides is 1. The second-order valence-electron chi connectivity index (χ2n) is 6.48. The molecule has 1 atom stereocenters. The maximum atomic E-state index is 12.2.